The van der Waals surface area contributed by atoms with Crippen LogP contribution in [-0.4, -0.2) is 0 Å². The number of aryl methyl sites for hydroxylation is 2. The highest BCUT2D eigenvalue weighted by Crippen LogP contribution is 2.39. The largest absolute Gasteiger partial charge is 0.145 e. The van der Waals surface area contributed by atoms with Gasteiger partial charge in [-0.3, -0.25) is 0 Å². The van der Waals surface area contributed by atoms with Crippen molar-refractivity contribution >= 4 is 34.5 Å². The standard InChI is InChI=1S/C13H12Cl2S/c1-8-4-3-5-9(2)11(8)12(15)13-10(14)6-7-16-13/h3-7,12H,1-2H3. The number of alkyl halides is 1. The minimum atomic E-state index is -0.145. The Bertz CT molecular complexity index is 482. The fourth-order valence-electron chi connectivity index (χ4n) is 1.84. The molecule has 1 aromatic carbocycles. The Morgan fingerprint density at radius 3 is 2.25 bits per heavy atom. The van der Waals surface area contributed by atoms with E-state index in [9.17, 15) is 0 Å². The van der Waals surface area contributed by atoms with Gasteiger partial charge in [-0.15, -0.1) is 22.9 Å². The van der Waals surface area contributed by atoms with Crippen LogP contribution in [0.1, 0.15) is 26.9 Å². The number of hydrogen-bond acceptors (Lipinski definition) is 1. The summed E-state index contributed by atoms with van der Waals surface area (Å²) < 4.78 is 0. The zero-order chi connectivity index (χ0) is 11.7. The molecule has 2 rings (SSSR count). The summed E-state index contributed by atoms with van der Waals surface area (Å²) in [6, 6.07) is 8.11. The van der Waals surface area contributed by atoms with E-state index in [1.807, 2.05) is 17.5 Å². The molecule has 16 heavy (non-hydrogen) atoms. The average Bonchev–Trinajstić information content (AvgIpc) is 2.64. The van der Waals surface area contributed by atoms with Crippen LogP contribution in [0.15, 0.2) is 29.6 Å². The van der Waals surface area contributed by atoms with Gasteiger partial charge < -0.3 is 0 Å². The molecule has 0 nitrogen and oxygen atoms in total. The molecule has 0 fully saturated rings. The van der Waals surface area contributed by atoms with Crippen molar-refractivity contribution < 1.29 is 0 Å². The van der Waals surface area contributed by atoms with Crippen molar-refractivity contribution in [2.24, 2.45) is 0 Å². The molecule has 0 amide bonds. The summed E-state index contributed by atoms with van der Waals surface area (Å²) in [4.78, 5) is 1.03. The molecule has 0 spiro atoms. The lowest BCUT2D eigenvalue weighted by Crippen LogP contribution is -1.97. The number of rotatable bonds is 2. The van der Waals surface area contributed by atoms with E-state index in [1.165, 1.54) is 16.7 Å². The third-order valence-electron chi connectivity index (χ3n) is 2.67. The Morgan fingerprint density at radius 2 is 1.75 bits per heavy atom. The second-order valence-electron chi connectivity index (χ2n) is 3.80. The molecular weight excluding hydrogens is 259 g/mol. The molecule has 1 heterocycles. The van der Waals surface area contributed by atoms with Crippen molar-refractivity contribution in [3.63, 3.8) is 0 Å². The van der Waals surface area contributed by atoms with Gasteiger partial charge in [-0.2, -0.15) is 0 Å². The predicted molar refractivity (Wildman–Crippen MR) is 72.9 cm³/mol. The molecule has 1 atom stereocenters. The summed E-state index contributed by atoms with van der Waals surface area (Å²) in [5.74, 6) is 0. The average molecular weight is 271 g/mol. The summed E-state index contributed by atoms with van der Waals surface area (Å²) in [5.41, 5.74) is 3.60. The van der Waals surface area contributed by atoms with Crippen LogP contribution in [0, 0.1) is 13.8 Å². The first-order valence-corrected chi connectivity index (χ1v) is 6.73. The molecule has 1 aromatic heterocycles. The van der Waals surface area contributed by atoms with E-state index in [0.29, 0.717) is 0 Å². The summed E-state index contributed by atoms with van der Waals surface area (Å²) in [7, 11) is 0. The van der Waals surface area contributed by atoms with Crippen LogP contribution in [0.4, 0.5) is 0 Å². The number of halogens is 2. The van der Waals surface area contributed by atoms with Gasteiger partial charge in [0.1, 0.15) is 0 Å². The van der Waals surface area contributed by atoms with E-state index in [2.05, 4.69) is 26.0 Å². The first-order valence-electron chi connectivity index (χ1n) is 5.04. The van der Waals surface area contributed by atoms with E-state index >= 15 is 0 Å². The van der Waals surface area contributed by atoms with Crippen LogP contribution in [0.3, 0.4) is 0 Å². The van der Waals surface area contributed by atoms with E-state index in [1.54, 1.807) is 11.3 Å². The van der Waals surface area contributed by atoms with Crippen molar-refractivity contribution in [2.75, 3.05) is 0 Å². The Balaban J connectivity index is 2.49. The lowest BCUT2D eigenvalue weighted by molar-refractivity contribution is 1.11. The molecule has 0 aliphatic heterocycles. The van der Waals surface area contributed by atoms with Gasteiger partial charge in [0, 0.05) is 4.88 Å². The Kier molecular flexibility index (Phi) is 3.58. The van der Waals surface area contributed by atoms with Gasteiger partial charge in [0.2, 0.25) is 0 Å². The van der Waals surface area contributed by atoms with Gasteiger partial charge in [0.15, 0.2) is 0 Å². The van der Waals surface area contributed by atoms with Gasteiger partial charge in [-0.05, 0) is 42.0 Å². The molecule has 0 aliphatic carbocycles. The monoisotopic (exact) mass is 270 g/mol. The number of hydrogen-bond donors (Lipinski definition) is 0. The van der Waals surface area contributed by atoms with Gasteiger partial charge in [0.25, 0.3) is 0 Å². The molecule has 0 radical (unpaired) electrons. The second-order valence-corrected chi connectivity index (χ2v) is 5.59. The van der Waals surface area contributed by atoms with Crippen molar-refractivity contribution in [3.8, 4) is 0 Å². The molecule has 84 valence electrons. The fourth-order valence-corrected chi connectivity index (χ4v) is 3.67. The third-order valence-corrected chi connectivity index (χ3v) is 4.66. The lowest BCUT2D eigenvalue weighted by Gasteiger charge is -2.14. The SMILES string of the molecule is Cc1cccc(C)c1C(Cl)c1sccc1Cl. The summed E-state index contributed by atoms with van der Waals surface area (Å²) in [5, 5.41) is 2.59. The predicted octanol–water partition coefficient (Wildman–Crippen LogP) is 5.35. The Morgan fingerprint density at radius 1 is 1.12 bits per heavy atom. The molecule has 3 heteroatoms. The zero-order valence-corrected chi connectivity index (χ0v) is 11.5. The quantitative estimate of drug-likeness (QED) is 0.646. The maximum atomic E-state index is 6.51. The molecule has 0 saturated carbocycles. The van der Waals surface area contributed by atoms with E-state index in [0.717, 1.165) is 9.90 Å². The van der Waals surface area contributed by atoms with E-state index in [4.69, 9.17) is 23.2 Å². The van der Waals surface area contributed by atoms with Crippen LogP contribution in [0.5, 0.6) is 0 Å². The molecule has 2 aromatic rings. The molecule has 0 bridgehead atoms. The summed E-state index contributed by atoms with van der Waals surface area (Å²) in [6.45, 7) is 4.17. The van der Waals surface area contributed by atoms with Gasteiger partial charge in [-0.1, -0.05) is 29.8 Å². The van der Waals surface area contributed by atoms with Crippen molar-refractivity contribution in [2.45, 2.75) is 19.2 Å². The van der Waals surface area contributed by atoms with Crippen LogP contribution in [0.25, 0.3) is 0 Å². The maximum Gasteiger partial charge on any atom is 0.0947 e. The normalized spacial score (nSPS) is 12.8. The summed E-state index contributed by atoms with van der Waals surface area (Å²) >= 11 is 14.2. The minimum Gasteiger partial charge on any atom is -0.145 e. The minimum absolute atomic E-state index is 0.145. The zero-order valence-electron chi connectivity index (χ0n) is 9.13. The van der Waals surface area contributed by atoms with Crippen molar-refractivity contribution in [1.29, 1.82) is 0 Å². The first-order chi connectivity index (χ1) is 7.61. The summed E-state index contributed by atoms with van der Waals surface area (Å²) in [6.07, 6.45) is 0. The molecule has 0 N–H and O–H groups in total. The van der Waals surface area contributed by atoms with Crippen LogP contribution < -0.4 is 0 Å². The van der Waals surface area contributed by atoms with E-state index in [-0.39, 0.29) is 5.38 Å². The number of benzene rings is 1. The van der Waals surface area contributed by atoms with Crippen LogP contribution in [0.2, 0.25) is 5.02 Å². The highest BCUT2D eigenvalue weighted by atomic mass is 35.5. The van der Waals surface area contributed by atoms with Crippen molar-refractivity contribution in [3.05, 3.63) is 56.2 Å². The first kappa shape index (κ1) is 12.0. The van der Waals surface area contributed by atoms with Crippen LogP contribution in [-0.2, 0) is 0 Å². The van der Waals surface area contributed by atoms with Gasteiger partial charge in [-0.25, -0.2) is 0 Å². The number of thiophene rings is 1. The smallest absolute Gasteiger partial charge is 0.0947 e. The highest BCUT2D eigenvalue weighted by Gasteiger charge is 2.18. The topological polar surface area (TPSA) is 0 Å². The molecule has 0 saturated heterocycles. The second kappa shape index (κ2) is 4.79. The molecule has 0 aliphatic rings. The van der Waals surface area contributed by atoms with Gasteiger partial charge >= 0.3 is 0 Å². The Labute approximate surface area is 110 Å². The molecular formula is C13H12Cl2S. The van der Waals surface area contributed by atoms with E-state index < -0.39 is 0 Å². The van der Waals surface area contributed by atoms with Crippen molar-refractivity contribution in [1.82, 2.24) is 0 Å². The molecule has 1 unspecified atom stereocenters. The highest BCUT2D eigenvalue weighted by molar-refractivity contribution is 7.11. The van der Waals surface area contributed by atoms with Gasteiger partial charge in [0.05, 0.1) is 10.4 Å². The fraction of sp³-hybridized carbons (Fsp3) is 0.231. The maximum absolute atomic E-state index is 6.51. The third kappa shape index (κ3) is 2.13. The van der Waals surface area contributed by atoms with Crippen LogP contribution >= 0.6 is 34.5 Å². The lowest BCUT2D eigenvalue weighted by atomic mass is 9.99. The Hall–Kier alpha value is -0.500.